The lowest BCUT2D eigenvalue weighted by atomic mass is 9.90. The van der Waals surface area contributed by atoms with Crippen molar-refractivity contribution in [2.24, 2.45) is 18.4 Å². The van der Waals surface area contributed by atoms with Crippen LogP contribution in [0.5, 0.6) is 0 Å². The highest BCUT2D eigenvalue weighted by Crippen LogP contribution is 2.41. The molecule has 0 bridgehead atoms. The Balaban J connectivity index is 0.701. The molecule has 4 aromatic heterocycles. The van der Waals surface area contributed by atoms with E-state index in [9.17, 15) is 33.9 Å². The summed E-state index contributed by atoms with van der Waals surface area (Å²) in [5.74, 6) is 5.55. The maximum Gasteiger partial charge on any atom is 0.276 e. The molecule has 9 heterocycles. The number of fused-ring (bicyclic) bond motifs is 4. The van der Waals surface area contributed by atoms with Gasteiger partial charge in [-0.1, -0.05) is 25.7 Å². The van der Waals surface area contributed by atoms with Crippen LogP contribution in [0.1, 0.15) is 113 Å². The van der Waals surface area contributed by atoms with E-state index in [1.54, 1.807) is 54.7 Å². The van der Waals surface area contributed by atoms with E-state index in [2.05, 4.69) is 62.6 Å². The van der Waals surface area contributed by atoms with E-state index in [0.717, 1.165) is 68.7 Å². The molecule has 370 valence electrons. The number of pyridine rings is 3. The molecule has 3 fully saturated rings. The number of nitrogens with one attached hydrogen (secondary N) is 2. The first-order valence-electron chi connectivity index (χ1n) is 25.1. The number of benzene rings is 1. The third-order valence-electron chi connectivity index (χ3n) is 15.7. The van der Waals surface area contributed by atoms with Crippen LogP contribution in [0.4, 0.5) is 23.0 Å². The molecule has 17 heteroatoms. The van der Waals surface area contributed by atoms with Gasteiger partial charge in [0.25, 0.3) is 23.3 Å². The van der Waals surface area contributed by atoms with Crippen molar-refractivity contribution in [3.8, 4) is 23.0 Å². The first-order chi connectivity index (χ1) is 34.6. The van der Waals surface area contributed by atoms with Crippen molar-refractivity contribution >= 4 is 52.5 Å². The molecule has 17 nitrogen and oxygen atoms in total. The summed E-state index contributed by atoms with van der Waals surface area (Å²) in [7, 11) is 1.69. The Labute approximate surface area is 417 Å². The number of anilines is 4. The number of carbonyl (C=O) groups is 5. The molecule has 5 aliphatic heterocycles. The number of rotatable bonds is 8. The molecule has 2 unspecified atom stereocenters. The number of amides is 5. The highest BCUT2D eigenvalue weighted by molar-refractivity contribution is 6.23. The van der Waals surface area contributed by atoms with Gasteiger partial charge < -0.3 is 29.4 Å². The van der Waals surface area contributed by atoms with Crippen LogP contribution in [-0.2, 0) is 42.6 Å². The third kappa shape index (κ3) is 8.45. The molecule has 5 amide bonds. The molecule has 72 heavy (non-hydrogen) atoms. The smallest absolute Gasteiger partial charge is 0.276 e. The first kappa shape index (κ1) is 46.9. The van der Waals surface area contributed by atoms with Gasteiger partial charge in [0, 0.05) is 85.9 Å². The van der Waals surface area contributed by atoms with Gasteiger partial charge in [0.05, 0.1) is 29.6 Å². The van der Waals surface area contributed by atoms with Gasteiger partial charge in [-0.2, -0.15) is 0 Å². The summed E-state index contributed by atoms with van der Waals surface area (Å²) in [6.07, 6.45) is 11.2. The summed E-state index contributed by atoms with van der Waals surface area (Å²) >= 11 is 0. The molecular formula is C55H58N10O7. The van der Waals surface area contributed by atoms with E-state index in [1.807, 2.05) is 24.4 Å². The van der Waals surface area contributed by atoms with Crippen molar-refractivity contribution in [1.29, 1.82) is 0 Å². The van der Waals surface area contributed by atoms with Crippen LogP contribution in [0.2, 0.25) is 0 Å². The van der Waals surface area contributed by atoms with Crippen LogP contribution in [0.3, 0.4) is 0 Å². The Kier molecular flexibility index (Phi) is 11.9. The van der Waals surface area contributed by atoms with Crippen LogP contribution in [-0.4, -0.2) is 108 Å². The minimum atomic E-state index is -1.00. The lowest BCUT2D eigenvalue weighted by Gasteiger charge is -2.45. The van der Waals surface area contributed by atoms with Crippen molar-refractivity contribution in [2.45, 2.75) is 103 Å². The molecule has 3 saturated heterocycles. The van der Waals surface area contributed by atoms with Gasteiger partial charge in [0.15, 0.2) is 0 Å². The number of nitrogens with zero attached hydrogens (tertiary/aromatic N) is 8. The first-order valence-corrected chi connectivity index (χ1v) is 25.1. The monoisotopic (exact) mass is 970 g/mol. The van der Waals surface area contributed by atoms with E-state index in [-0.39, 0.29) is 59.4 Å². The van der Waals surface area contributed by atoms with Gasteiger partial charge in [-0.15, -0.1) is 0 Å². The average molecular weight is 971 g/mol. The fourth-order valence-electron chi connectivity index (χ4n) is 12.0. The van der Waals surface area contributed by atoms with Crippen LogP contribution in [0, 0.1) is 23.2 Å². The number of aryl methyl sites for hydroxylation is 1. The Morgan fingerprint density at radius 1 is 0.847 bits per heavy atom. The Morgan fingerprint density at radius 2 is 1.65 bits per heavy atom. The number of likely N-dealkylation sites (tertiary alicyclic amines) is 1. The molecule has 0 spiro atoms. The summed E-state index contributed by atoms with van der Waals surface area (Å²) in [6.45, 7) is 10.3. The minimum absolute atomic E-state index is 0.0706. The van der Waals surface area contributed by atoms with Crippen LogP contribution < -0.4 is 26.0 Å². The quantitative estimate of drug-likeness (QED) is 0.136. The van der Waals surface area contributed by atoms with Crippen LogP contribution >= 0.6 is 0 Å². The molecule has 0 saturated carbocycles. The zero-order valence-electron chi connectivity index (χ0n) is 41.0. The molecule has 0 radical (unpaired) electrons. The topological polar surface area (TPSA) is 195 Å². The molecule has 1 aromatic carbocycles. The van der Waals surface area contributed by atoms with Crippen molar-refractivity contribution in [3.63, 3.8) is 0 Å². The standard InChI is InChI=1S/C55H58N10O7/c1-32-23-37(61-18-14-33(15-19-61)5-6-34-7-9-40-41(24-34)52(70)65(51(40)69)44-10-12-48(67)59-50(44)68)16-20-62(32)38-8-11-47(57-29-38)58-43-25-36(30-60(4)53(43)71)39-13-17-56-49(42(39)31-66)64-22-21-63-45(54(64)72)26-35-27-55(2,3)28-46(35)63/h7-9,11,13,17,24-26,29-30,32-33,37,44,66H,10,12,14-16,18-23,27-28,31H2,1-4H3,(H,57,58)(H,59,67,68)/t32-,37?,44?/m0/s1. The van der Waals surface area contributed by atoms with E-state index in [4.69, 9.17) is 4.98 Å². The lowest BCUT2D eigenvalue weighted by molar-refractivity contribution is -0.136. The molecule has 5 aromatic rings. The summed E-state index contributed by atoms with van der Waals surface area (Å²) in [5, 5.41) is 16.3. The van der Waals surface area contributed by atoms with Crippen molar-refractivity contribution < 1.29 is 29.1 Å². The lowest BCUT2D eigenvalue weighted by Crippen LogP contribution is -2.54. The van der Waals surface area contributed by atoms with Crippen molar-refractivity contribution in [1.82, 2.24) is 34.2 Å². The van der Waals surface area contributed by atoms with Gasteiger partial charge in [-0.3, -0.25) is 43.9 Å². The zero-order valence-corrected chi connectivity index (χ0v) is 41.0. The molecule has 11 rings (SSSR count). The second kappa shape index (κ2) is 18.3. The zero-order chi connectivity index (χ0) is 50.2. The summed E-state index contributed by atoms with van der Waals surface area (Å²) in [6, 6.07) is 14.2. The predicted molar refractivity (Wildman–Crippen MR) is 270 cm³/mol. The fraction of sp³-hybridized carbons (Fsp3) is 0.418. The van der Waals surface area contributed by atoms with Gasteiger partial charge >= 0.3 is 0 Å². The number of aliphatic hydroxyl groups is 1. The fourth-order valence-corrected chi connectivity index (χ4v) is 12.0. The van der Waals surface area contributed by atoms with Gasteiger partial charge in [0.1, 0.15) is 29.1 Å². The number of carbonyl (C=O) groups excluding carboxylic acids is 5. The second-order valence-corrected chi connectivity index (χ2v) is 21.0. The van der Waals surface area contributed by atoms with E-state index in [0.29, 0.717) is 64.4 Å². The molecule has 1 aliphatic carbocycles. The number of hydrogen-bond donors (Lipinski definition) is 3. The summed E-state index contributed by atoms with van der Waals surface area (Å²) < 4.78 is 3.66. The second-order valence-electron chi connectivity index (χ2n) is 21.0. The largest absolute Gasteiger partial charge is 0.392 e. The Bertz CT molecular complexity index is 3210. The normalized spacial score (nSPS) is 22.1. The number of aromatic nitrogens is 4. The van der Waals surface area contributed by atoms with Crippen molar-refractivity contribution in [2.75, 3.05) is 41.3 Å². The molecule has 6 aliphatic rings. The van der Waals surface area contributed by atoms with Gasteiger partial charge in [-0.05, 0) is 130 Å². The maximum absolute atomic E-state index is 14.0. The van der Waals surface area contributed by atoms with Crippen LogP contribution in [0.15, 0.2) is 71.9 Å². The van der Waals surface area contributed by atoms with Gasteiger partial charge in [-0.25, -0.2) is 9.97 Å². The van der Waals surface area contributed by atoms with E-state index < -0.39 is 29.7 Å². The minimum Gasteiger partial charge on any atom is -0.392 e. The average Bonchev–Trinajstić information content (AvgIpc) is 3.96. The highest BCUT2D eigenvalue weighted by Gasteiger charge is 2.45. The maximum atomic E-state index is 14.0. The number of hydrogen-bond acceptors (Lipinski definition) is 12. The number of aliphatic hydroxyl groups excluding tert-OH is 1. The SMILES string of the molecule is C[C@H]1CC(N2CCC(C#Cc3ccc4c(c3)C(=O)N(C3CCC(=O)NC3=O)C4=O)CC2)CCN1c1ccc(Nc2cc(-c3ccnc(N4CCn5c(cc6c5CC(C)(C)C6)C4=O)c3CO)cn(C)c2=O)nc1. The Hall–Kier alpha value is -7.42. The summed E-state index contributed by atoms with van der Waals surface area (Å²) in [4.78, 5) is 95.1. The molecule has 3 N–H and O–H groups in total. The van der Waals surface area contributed by atoms with Crippen LogP contribution in [0.25, 0.3) is 11.1 Å². The third-order valence-corrected chi connectivity index (χ3v) is 15.7. The highest BCUT2D eigenvalue weighted by atomic mass is 16.3. The predicted octanol–water partition coefficient (Wildman–Crippen LogP) is 5.19. The number of piperidine rings is 3. The number of imide groups is 2. The van der Waals surface area contributed by atoms with E-state index in [1.165, 1.54) is 15.8 Å². The van der Waals surface area contributed by atoms with Crippen molar-refractivity contribution in [3.05, 3.63) is 117 Å². The van der Waals surface area contributed by atoms with Gasteiger partial charge in [0.2, 0.25) is 11.8 Å². The Morgan fingerprint density at radius 3 is 2.40 bits per heavy atom. The summed E-state index contributed by atoms with van der Waals surface area (Å²) in [5.41, 5.74) is 7.39. The molecular weight excluding hydrogens is 913 g/mol. The van der Waals surface area contributed by atoms with E-state index >= 15 is 0 Å². The molecule has 3 atom stereocenters.